The van der Waals surface area contributed by atoms with Crippen LogP contribution in [0.25, 0.3) is 6.08 Å². The van der Waals surface area contributed by atoms with Crippen molar-refractivity contribution in [3.8, 4) is 0 Å². The number of benzene rings is 1. The Morgan fingerprint density at radius 1 is 1.10 bits per heavy atom. The first-order valence-corrected chi connectivity index (χ1v) is 6.74. The Kier molecular flexibility index (Phi) is 3.36. The lowest BCUT2D eigenvalue weighted by atomic mass is 10.1. The van der Waals surface area contributed by atoms with E-state index in [2.05, 4.69) is 22.2 Å². The molecule has 4 nitrogen and oxygen atoms in total. The Labute approximate surface area is 123 Å². The Morgan fingerprint density at radius 3 is 2.67 bits per heavy atom. The van der Waals surface area contributed by atoms with Gasteiger partial charge >= 0.3 is 0 Å². The van der Waals surface area contributed by atoms with Crippen LogP contribution in [-0.4, -0.2) is 16.7 Å². The summed E-state index contributed by atoms with van der Waals surface area (Å²) in [6.07, 6.45) is 3.37. The average Bonchev–Trinajstić information content (AvgIpc) is 2.84. The first kappa shape index (κ1) is 13.2. The topological polar surface area (TPSA) is 54.4 Å². The molecule has 0 saturated heterocycles. The van der Waals surface area contributed by atoms with Gasteiger partial charge < -0.3 is 5.32 Å². The van der Waals surface area contributed by atoms with Crippen molar-refractivity contribution in [3.05, 3.63) is 70.7 Å². The molecular weight excluding hydrogens is 262 g/mol. The fraction of sp³-hybridized carbons (Fsp3) is 0.118. The molecule has 2 heterocycles. The van der Waals surface area contributed by atoms with Crippen molar-refractivity contribution in [2.24, 2.45) is 4.99 Å². The molecule has 0 fully saturated rings. The zero-order valence-electron chi connectivity index (χ0n) is 11.9. The van der Waals surface area contributed by atoms with Crippen LogP contribution in [0.4, 0.5) is 0 Å². The minimum Gasteiger partial charge on any atom is -0.305 e. The highest BCUT2D eigenvalue weighted by Gasteiger charge is 2.21. The van der Waals surface area contributed by atoms with Crippen molar-refractivity contribution in [2.75, 3.05) is 0 Å². The first-order valence-electron chi connectivity index (χ1n) is 6.74. The maximum absolute atomic E-state index is 12.0. The molecule has 104 valence electrons. The van der Waals surface area contributed by atoms with Crippen molar-refractivity contribution >= 4 is 17.8 Å². The van der Waals surface area contributed by atoms with Gasteiger partial charge in [0.15, 0.2) is 0 Å². The summed E-state index contributed by atoms with van der Waals surface area (Å²) in [7, 11) is 0. The molecule has 0 atom stereocenters. The van der Waals surface area contributed by atoms with E-state index in [1.807, 2.05) is 43.3 Å². The minimum atomic E-state index is -0.200. The number of hydrogen-bond acceptors (Lipinski definition) is 3. The van der Waals surface area contributed by atoms with Crippen molar-refractivity contribution < 1.29 is 4.79 Å². The number of amides is 1. The van der Waals surface area contributed by atoms with E-state index in [4.69, 9.17) is 0 Å². The number of carbonyl (C=O) groups excluding carboxylic acids is 1. The van der Waals surface area contributed by atoms with Gasteiger partial charge in [-0.2, -0.15) is 0 Å². The molecule has 1 aromatic heterocycles. The monoisotopic (exact) mass is 277 g/mol. The van der Waals surface area contributed by atoms with Crippen LogP contribution in [0.5, 0.6) is 0 Å². The van der Waals surface area contributed by atoms with E-state index in [9.17, 15) is 4.79 Å². The Bertz CT molecular complexity index is 761. The van der Waals surface area contributed by atoms with Gasteiger partial charge in [0.05, 0.1) is 5.69 Å². The number of rotatable bonds is 2. The quantitative estimate of drug-likeness (QED) is 0.858. The summed E-state index contributed by atoms with van der Waals surface area (Å²) in [5.41, 5.74) is 4.39. The van der Waals surface area contributed by atoms with Gasteiger partial charge in [0, 0.05) is 11.8 Å². The Balaban J connectivity index is 1.95. The second-order valence-electron chi connectivity index (χ2n) is 5.00. The maximum Gasteiger partial charge on any atom is 0.275 e. The number of nitrogens with zero attached hydrogens (tertiary/aromatic N) is 2. The van der Waals surface area contributed by atoms with Crippen LogP contribution in [0, 0.1) is 13.8 Å². The zero-order chi connectivity index (χ0) is 14.8. The average molecular weight is 277 g/mol. The third kappa shape index (κ3) is 2.74. The van der Waals surface area contributed by atoms with Gasteiger partial charge in [0.1, 0.15) is 11.5 Å². The van der Waals surface area contributed by atoms with E-state index in [1.165, 1.54) is 11.1 Å². The number of carbonyl (C=O) groups is 1. The smallest absolute Gasteiger partial charge is 0.275 e. The molecule has 4 heteroatoms. The van der Waals surface area contributed by atoms with Gasteiger partial charge in [-0.15, -0.1) is 0 Å². The number of nitrogens with one attached hydrogen (secondary N) is 1. The van der Waals surface area contributed by atoms with Crippen molar-refractivity contribution in [1.29, 1.82) is 0 Å². The molecular formula is C17H15N3O. The molecule has 1 aromatic carbocycles. The van der Waals surface area contributed by atoms with Crippen LogP contribution in [0.3, 0.4) is 0 Å². The minimum absolute atomic E-state index is 0.200. The summed E-state index contributed by atoms with van der Waals surface area (Å²) in [5.74, 6) is 0.388. The normalized spacial score (nSPS) is 16.0. The number of amidine groups is 1. The summed E-state index contributed by atoms with van der Waals surface area (Å²) < 4.78 is 0. The number of aryl methyl sites for hydroxylation is 2. The highest BCUT2D eigenvalue weighted by Crippen LogP contribution is 2.16. The van der Waals surface area contributed by atoms with Crippen molar-refractivity contribution in [1.82, 2.24) is 10.3 Å². The number of aliphatic imine (C=N–C) groups is 1. The van der Waals surface area contributed by atoms with E-state index in [1.54, 1.807) is 12.3 Å². The van der Waals surface area contributed by atoms with Crippen molar-refractivity contribution in [2.45, 2.75) is 13.8 Å². The molecule has 0 radical (unpaired) electrons. The third-order valence-corrected chi connectivity index (χ3v) is 3.45. The molecule has 1 amide bonds. The van der Waals surface area contributed by atoms with Gasteiger partial charge in [-0.3, -0.25) is 9.78 Å². The molecule has 0 saturated carbocycles. The van der Waals surface area contributed by atoms with E-state index in [-0.39, 0.29) is 5.91 Å². The van der Waals surface area contributed by atoms with Crippen molar-refractivity contribution in [3.63, 3.8) is 0 Å². The first-order chi connectivity index (χ1) is 10.1. The molecule has 3 rings (SSSR count). The molecule has 1 aliphatic rings. The third-order valence-electron chi connectivity index (χ3n) is 3.45. The fourth-order valence-corrected chi connectivity index (χ4v) is 2.10. The van der Waals surface area contributed by atoms with E-state index in [0.717, 1.165) is 5.56 Å². The summed E-state index contributed by atoms with van der Waals surface area (Å²) in [6, 6.07) is 11.6. The second kappa shape index (κ2) is 5.32. The summed E-state index contributed by atoms with van der Waals surface area (Å²) in [5, 5.41) is 2.80. The van der Waals surface area contributed by atoms with Gasteiger partial charge in [-0.05, 0) is 49.2 Å². The lowest BCUT2D eigenvalue weighted by Gasteiger charge is -2.04. The lowest BCUT2D eigenvalue weighted by Crippen LogP contribution is -2.24. The molecule has 0 aliphatic carbocycles. The molecule has 21 heavy (non-hydrogen) atoms. The Hall–Kier alpha value is -2.75. The van der Waals surface area contributed by atoms with Crippen LogP contribution in [0.15, 0.2) is 53.3 Å². The van der Waals surface area contributed by atoms with Crippen LogP contribution in [0.2, 0.25) is 0 Å². The molecule has 0 bridgehead atoms. The predicted molar refractivity (Wildman–Crippen MR) is 82.8 cm³/mol. The van der Waals surface area contributed by atoms with Crippen LogP contribution >= 0.6 is 0 Å². The molecule has 1 N–H and O–H groups in total. The van der Waals surface area contributed by atoms with Gasteiger partial charge in [-0.1, -0.05) is 18.2 Å². The standard InChI is InChI=1S/C17H15N3O/c1-11-6-7-13(9-12(11)2)16-19-15(17(21)20-16)10-14-5-3-4-8-18-14/h3-10H,1-2H3,(H,19,20,21)/b15-10+. The van der Waals surface area contributed by atoms with Crippen LogP contribution in [0.1, 0.15) is 22.4 Å². The van der Waals surface area contributed by atoms with Gasteiger partial charge in [-0.25, -0.2) is 4.99 Å². The molecule has 2 aromatic rings. The van der Waals surface area contributed by atoms with Gasteiger partial charge in [0.2, 0.25) is 0 Å². The summed E-state index contributed by atoms with van der Waals surface area (Å²) in [4.78, 5) is 20.5. The van der Waals surface area contributed by atoms with E-state index >= 15 is 0 Å². The van der Waals surface area contributed by atoms with Crippen LogP contribution < -0.4 is 5.32 Å². The van der Waals surface area contributed by atoms with E-state index < -0.39 is 0 Å². The number of pyridine rings is 1. The molecule has 0 unspecified atom stereocenters. The molecule has 1 aliphatic heterocycles. The number of aromatic nitrogens is 1. The fourth-order valence-electron chi connectivity index (χ4n) is 2.10. The second-order valence-corrected chi connectivity index (χ2v) is 5.00. The SMILES string of the molecule is Cc1ccc(C2=N/C(=C/c3ccccn3)C(=O)N2)cc1C. The van der Waals surface area contributed by atoms with Crippen LogP contribution in [-0.2, 0) is 4.79 Å². The molecule has 0 spiro atoms. The summed E-state index contributed by atoms with van der Waals surface area (Å²) in [6.45, 7) is 4.10. The Morgan fingerprint density at radius 2 is 1.95 bits per heavy atom. The predicted octanol–water partition coefficient (Wildman–Crippen LogP) is 2.62. The van der Waals surface area contributed by atoms with Gasteiger partial charge in [0.25, 0.3) is 5.91 Å². The zero-order valence-corrected chi connectivity index (χ0v) is 11.9. The van der Waals surface area contributed by atoms with E-state index in [0.29, 0.717) is 17.2 Å². The summed E-state index contributed by atoms with van der Waals surface area (Å²) >= 11 is 0. The largest absolute Gasteiger partial charge is 0.305 e. The maximum atomic E-state index is 12.0. The highest BCUT2D eigenvalue weighted by atomic mass is 16.2. The lowest BCUT2D eigenvalue weighted by molar-refractivity contribution is -0.115. The number of hydrogen-bond donors (Lipinski definition) is 1. The highest BCUT2D eigenvalue weighted by molar-refractivity contribution is 6.19.